The van der Waals surface area contributed by atoms with Crippen LogP contribution in [0.15, 0.2) is 47.3 Å². The van der Waals surface area contributed by atoms with Crippen LogP contribution in [-0.2, 0) is 11.2 Å². The number of carbonyl (C=O) groups excluding carboxylic acids is 1. The van der Waals surface area contributed by atoms with Gasteiger partial charge < -0.3 is 20.0 Å². The quantitative estimate of drug-likeness (QED) is 0.676. The minimum Gasteiger partial charge on any atom is -0.496 e. The van der Waals surface area contributed by atoms with Gasteiger partial charge in [-0.2, -0.15) is 0 Å². The molecule has 3 N–H and O–H groups in total. The molecule has 0 unspecified atom stereocenters. The molecule has 1 amide bonds. The molecule has 0 aliphatic heterocycles. The van der Waals surface area contributed by atoms with E-state index in [0.717, 1.165) is 11.3 Å². The molecule has 0 saturated heterocycles. The molecule has 0 fully saturated rings. The van der Waals surface area contributed by atoms with Crippen LogP contribution in [0.25, 0.3) is 11.0 Å². The highest BCUT2D eigenvalue weighted by Gasteiger charge is 2.07. The summed E-state index contributed by atoms with van der Waals surface area (Å²) in [7, 11) is 1.62. The lowest BCUT2D eigenvalue weighted by Gasteiger charge is -2.08. The summed E-state index contributed by atoms with van der Waals surface area (Å²) in [5, 5.41) is 2.84. The molecule has 3 aromatic rings. The minimum atomic E-state index is -0.264. The number of rotatable bonds is 5. The highest BCUT2D eigenvalue weighted by atomic mass is 16.5. The van der Waals surface area contributed by atoms with E-state index in [1.165, 1.54) is 0 Å². The monoisotopic (exact) mass is 311 g/mol. The Kier molecular flexibility index (Phi) is 4.14. The number of amides is 1. The molecule has 1 aromatic heterocycles. The van der Waals surface area contributed by atoms with Crippen LogP contribution in [-0.4, -0.2) is 23.0 Å². The van der Waals surface area contributed by atoms with Crippen LogP contribution in [0.2, 0.25) is 0 Å². The fourth-order valence-electron chi connectivity index (χ4n) is 2.49. The first-order chi connectivity index (χ1) is 11.2. The van der Waals surface area contributed by atoms with Crippen molar-refractivity contribution in [3.05, 3.63) is 58.5 Å². The largest absolute Gasteiger partial charge is 0.496 e. The molecule has 3 rings (SSSR count). The highest BCUT2D eigenvalue weighted by molar-refractivity contribution is 5.93. The Morgan fingerprint density at radius 1 is 1.13 bits per heavy atom. The molecular formula is C17H17N3O3. The van der Waals surface area contributed by atoms with Crippen molar-refractivity contribution < 1.29 is 9.53 Å². The van der Waals surface area contributed by atoms with Gasteiger partial charge in [0, 0.05) is 12.1 Å². The standard InChI is InChI=1S/C17H17N3O3/c1-23-15-5-3-2-4-11(15)6-9-16(21)18-12-7-8-13-14(10-12)20-17(22)19-13/h2-5,7-8,10H,6,9H2,1H3,(H,18,21)(H2,19,20,22). The Morgan fingerprint density at radius 2 is 1.91 bits per heavy atom. The summed E-state index contributed by atoms with van der Waals surface area (Å²) in [4.78, 5) is 28.7. The Morgan fingerprint density at radius 3 is 2.74 bits per heavy atom. The number of nitrogens with one attached hydrogen (secondary N) is 3. The number of ether oxygens (including phenoxy) is 1. The van der Waals surface area contributed by atoms with E-state index in [2.05, 4.69) is 15.3 Å². The number of imidazole rings is 1. The number of aromatic amines is 2. The zero-order valence-electron chi connectivity index (χ0n) is 12.7. The summed E-state index contributed by atoms with van der Waals surface area (Å²) in [5.41, 5.74) is 2.76. The van der Waals surface area contributed by atoms with Gasteiger partial charge >= 0.3 is 5.69 Å². The fourth-order valence-corrected chi connectivity index (χ4v) is 2.49. The summed E-state index contributed by atoms with van der Waals surface area (Å²) in [5.74, 6) is 0.694. The third-order valence-corrected chi connectivity index (χ3v) is 3.61. The van der Waals surface area contributed by atoms with E-state index in [9.17, 15) is 9.59 Å². The van der Waals surface area contributed by atoms with E-state index in [1.54, 1.807) is 25.3 Å². The van der Waals surface area contributed by atoms with Gasteiger partial charge in [-0.3, -0.25) is 4.79 Å². The smallest absolute Gasteiger partial charge is 0.323 e. The van der Waals surface area contributed by atoms with Crippen molar-refractivity contribution in [1.29, 1.82) is 0 Å². The SMILES string of the molecule is COc1ccccc1CCC(=O)Nc1ccc2[nH]c(=O)[nH]c2c1. The zero-order chi connectivity index (χ0) is 16.2. The van der Waals surface area contributed by atoms with E-state index in [0.29, 0.717) is 29.6 Å². The van der Waals surface area contributed by atoms with Crippen LogP contribution in [0.5, 0.6) is 5.75 Å². The van der Waals surface area contributed by atoms with Crippen LogP contribution in [0, 0.1) is 0 Å². The Bertz CT molecular complexity index is 895. The van der Waals surface area contributed by atoms with Crippen LogP contribution in [0.3, 0.4) is 0 Å². The molecule has 0 atom stereocenters. The number of anilines is 1. The second-order valence-electron chi connectivity index (χ2n) is 5.20. The molecule has 0 aliphatic rings. The Balaban J connectivity index is 1.65. The van der Waals surface area contributed by atoms with Gasteiger partial charge in [-0.25, -0.2) is 4.79 Å². The van der Waals surface area contributed by atoms with Gasteiger partial charge in [0.25, 0.3) is 0 Å². The topological polar surface area (TPSA) is 87.0 Å². The number of methoxy groups -OCH3 is 1. The van der Waals surface area contributed by atoms with Gasteiger partial charge in [-0.15, -0.1) is 0 Å². The number of hydrogen-bond acceptors (Lipinski definition) is 3. The highest BCUT2D eigenvalue weighted by Crippen LogP contribution is 2.19. The van der Waals surface area contributed by atoms with Crippen molar-refractivity contribution in [2.24, 2.45) is 0 Å². The van der Waals surface area contributed by atoms with Crippen molar-refractivity contribution in [3.8, 4) is 5.75 Å². The lowest BCUT2D eigenvalue weighted by molar-refractivity contribution is -0.116. The minimum absolute atomic E-state index is 0.0897. The average molecular weight is 311 g/mol. The maximum Gasteiger partial charge on any atom is 0.323 e. The molecule has 6 heteroatoms. The first kappa shape index (κ1) is 14.9. The normalized spacial score (nSPS) is 10.7. The molecule has 6 nitrogen and oxygen atoms in total. The predicted molar refractivity (Wildman–Crippen MR) is 88.9 cm³/mol. The molecular weight excluding hydrogens is 294 g/mol. The van der Waals surface area contributed by atoms with Crippen LogP contribution < -0.4 is 15.7 Å². The Labute approximate surface area is 132 Å². The summed E-state index contributed by atoms with van der Waals surface area (Å²) in [6.45, 7) is 0. The summed E-state index contributed by atoms with van der Waals surface area (Å²) in [6, 6.07) is 12.9. The first-order valence-electron chi connectivity index (χ1n) is 7.29. The third-order valence-electron chi connectivity index (χ3n) is 3.61. The summed E-state index contributed by atoms with van der Waals surface area (Å²) >= 11 is 0. The van der Waals surface area contributed by atoms with E-state index < -0.39 is 0 Å². The van der Waals surface area contributed by atoms with E-state index in [4.69, 9.17) is 4.74 Å². The van der Waals surface area contributed by atoms with Crippen molar-refractivity contribution in [3.63, 3.8) is 0 Å². The van der Waals surface area contributed by atoms with Gasteiger partial charge in [0.15, 0.2) is 0 Å². The molecule has 118 valence electrons. The number of aromatic nitrogens is 2. The Hall–Kier alpha value is -3.02. The first-order valence-corrected chi connectivity index (χ1v) is 7.29. The maximum absolute atomic E-state index is 12.1. The van der Waals surface area contributed by atoms with Crippen LogP contribution >= 0.6 is 0 Å². The second-order valence-corrected chi connectivity index (χ2v) is 5.20. The van der Waals surface area contributed by atoms with Crippen molar-refractivity contribution >= 4 is 22.6 Å². The molecule has 0 saturated carbocycles. The summed E-state index contributed by atoms with van der Waals surface area (Å²) in [6.07, 6.45) is 0.946. The van der Waals surface area contributed by atoms with Crippen molar-refractivity contribution in [2.45, 2.75) is 12.8 Å². The van der Waals surface area contributed by atoms with Crippen LogP contribution in [0.1, 0.15) is 12.0 Å². The summed E-state index contributed by atoms with van der Waals surface area (Å²) < 4.78 is 5.28. The number of H-pyrrole nitrogens is 2. The lowest BCUT2D eigenvalue weighted by atomic mass is 10.1. The molecule has 2 aromatic carbocycles. The van der Waals surface area contributed by atoms with Gasteiger partial charge in [0.1, 0.15) is 5.75 Å². The molecule has 0 spiro atoms. The van der Waals surface area contributed by atoms with Gasteiger partial charge in [-0.05, 0) is 36.2 Å². The van der Waals surface area contributed by atoms with E-state index in [-0.39, 0.29) is 11.6 Å². The lowest BCUT2D eigenvalue weighted by Crippen LogP contribution is -2.12. The number of carbonyl (C=O) groups is 1. The number of para-hydroxylation sites is 1. The molecule has 23 heavy (non-hydrogen) atoms. The number of aryl methyl sites for hydroxylation is 1. The predicted octanol–water partition coefficient (Wildman–Crippen LogP) is 2.44. The fraction of sp³-hybridized carbons (Fsp3) is 0.176. The second kappa shape index (κ2) is 6.39. The molecule has 0 radical (unpaired) electrons. The number of hydrogen-bond donors (Lipinski definition) is 3. The zero-order valence-corrected chi connectivity index (χ0v) is 12.7. The van der Waals surface area contributed by atoms with Gasteiger partial charge in [0.05, 0.1) is 18.1 Å². The van der Waals surface area contributed by atoms with E-state index >= 15 is 0 Å². The van der Waals surface area contributed by atoms with Crippen molar-refractivity contribution in [2.75, 3.05) is 12.4 Å². The van der Waals surface area contributed by atoms with E-state index in [1.807, 2.05) is 24.3 Å². The maximum atomic E-state index is 12.1. The molecule has 0 bridgehead atoms. The number of fused-ring (bicyclic) bond motifs is 1. The van der Waals surface area contributed by atoms with Crippen LogP contribution in [0.4, 0.5) is 5.69 Å². The third kappa shape index (κ3) is 3.42. The number of benzene rings is 2. The van der Waals surface area contributed by atoms with Gasteiger partial charge in [-0.1, -0.05) is 18.2 Å². The molecule has 0 aliphatic carbocycles. The van der Waals surface area contributed by atoms with Crippen molar-refractivity contribution in [1.82, 2.24) is 9.97 Å². The average Bonchev–Trinajstić information content (AvgIpc) is 2.92. The molecule has 1 heterocycles. The van der Waals surface area contributed by atoms with Gasteiger partial charge in [0.2, 0.25) is 5.91 Å².